The van der Waals surface area contributed by atoms with Crippen LogP contribution in [0.4, 0.5) is 0 Å². The van der Waals surface area contributed by atoms with E-state index in [4.69, 9.17) is 9.31 Å². The summed E-state index contributed by atoms with van der Waals surface area (Å²) in [6.07, 6.45) is 0. The van der Waals surface area contributed by atoms with E-state index in [0.29, 0.717) is 0 Å². The summed E-state index contributed by atoms with van der Waals surface area (Å²) < 4.78 is 10.8. The molecule has 1 aliphatic rings. The van der Waals surface area contributed by atoms with Crippen LogP contribution in [-0.4, -0.2) is 7.12 Å². The first-order valence-electron chi connectivity index (χ1n) is 3.59. The van der Waals surface area contributed by atoms with Crippen molar-refractivity contribution in [1.29, 1.82) is 0 Å². The summed E-state index contributed by atoms with van der Waals surface area (Å²) >= 11 is 3.16. The lowest BCUT2D eigenvalue weighted by Gasteiger charge is -1.95. The van der Waals surface area contributed by atoms with Gasteiger partial charge in [0.15, 0.2) is 0 Å². The molecule has 1 heterocycles. The quantitative estimate of drug-likeness (QED) is 0.683. The highest BCUT2D eigenvalue weighted by atomic mass is 79.9. The van der Waals surface area contributed by atoms with Gasteiger partial charge in [0.2, 0.25) is 0 Å². The minimum absolute atomic E-state index is 0.290. The average Bonchev–Trinajstić information content (AvgIpc) is 2.47. The number of halogens is 1. The van der Waals surface area contributed by atoms with Crippen molar-refractivity contribution >= 4 is 23.0 Å². The summed E-state index contributed by atoms with van der Waals surface area (Å²) in [5, 5.41) is 0. The van der Waals surface area contributed by atoms with Crippen LogP contribution < -0.4 is 9.31 Å². The zero-order valence-corrected chi connectivity index (χ0v) is 7.82. The number of rotatable bonds is 1. The third-order valence-electron chi connectivity index (χ3n) is 1.57. The Morgan fingerprint density at radius 2 is 1.75 bits per heavy atom. The Hall–Kier alpha value is -0.895. The maximum absolute atomic E-state index is 5.41. The van der Waals surface area contributed by atoms with E-state index in [0.717, 1.165) is 11.5 Å². The van der Waals surface area contributed by atoms with Gasteiger partial charge in [0.1, 0.15) is 11.5 Å². The predicted molar refractivity (Wildman–Crippen MR) is 51.5 cm³/mol. The fraction of sp³-hybridized carbons (Fsp3) is 0. The second-order valence-corrected chi connectivity index (χ2v) is 2.90. The van der Waals surface area contributed by atoms with Gasteiger partial charge in [-0.2, -0.15) is 0 Å². The third kappa shape index (κ3) is 1.34. The Kier molecular flexibility index (Phi) is 2.08. The molecule has 0 unspecified atom stereocenters. The SMILES string of the molecule is Br/C=C/B1Oc2ccccc2O1. The molecule has 1 aromatic carbocycles. The summed E-state index contributed by atoms with van der Waals surface area (Å²) in [5.41, 5.74) is 0. The van der Waals surface area contributed by atoms with Gasteiger partial charge in [-0.15, -0.1) is 0 Å². The van der Waals surface area contributed by atoms with Crippen LogP contribution in [0, 0.1) is 0 Å². The van der Waals surface area contributed by atoms with Gasteiger partial charge in [0.25, 0.3) is 0 Å². The summed E-state index contributed by atoms with van der Waals surface area (Å²) in [7, 11) is -0.290. The molecule has 0 amide bonds. The van der Waals surface area contributed by atoms with Crippen LogP contribution >= 0.6 is 15.9 Å². The first kappa shape index (κ1) is 7.74. The summed E-state index contributed by atoms with van der Waals surface area (Å²) in [4.78, 5) is 1.73. The Labute approximate surface area is 79.5 Å². The fourth-order valence-electron chi connectivity index (χ4n) is 1.06. The minimum Gasteiger partial charge on any atom is -0.520 e. The molecule has 0 aliphatic carbocycles. The molecule has 0 saturated carbocycles. The molecule has 0 spiro atoms. The highest BCUT2D eigenvalue weighted by Gasteiger charge is 2.28. The number of hydrogen-bond donors (Lipinski definition) is 0. The smallest absolute Gasteiger partial charge is 0.520 e. The average molecular weight is 225 g/mol. The van der Waals surface area contributed by atoms with Crippen molar-refractivity contribution < 1.29 is 9.31 Å². The largest absolute Gasteiger partial charge is 0.625 e. The predicted octanol–water partition coefficient (Wildman–Crippen LogP) is 2.39. The van der Waals surface area contributed by atoms with Crippen LogP contribution in [0.25, 0.3) is 0 Å². The van der Waals surface area contributed by atoms with E-state index in [1.54, 1.807) is 11.0 Å². The lowest BCUT2D eigenvalue weighted by Crippen LogP contribution is -2.20. The van der Waals surface area contributed by atoms with Crippen LogP contribution in [0.5, 0.6) is 11.5 Å². The number of fused-ring (bicyclic) bond motifs is 1. The topological polar surface area (TPSA) is 18.5 Å². The van der Waals surface area contributed by atoms with Crippen molar-refractivity contribution in [3.8, 4) is 11.5 Å². The second-order valence-electron chi connectivity index (χ2n) is 2.37. The Morgan fingerprint density at radius 1 is 1.17 bits per heavy atom. The van der Waals surface area contributed by atoms with Crippen LogP contribution in [0.1, 0.15) is 0 Å². The molecule has 0 saturated heterocycles. The summed E-state index contributed by atoms with van der Waals surface area (Å²) in [6, 6.07) is 7.61. The maximum Gasteiger partial charge on any atom is 0.625 e. The zero-order chi connectivity index (χ0) is 8.39. The molecule has 0 N–H and O–H groups in total. The summed E-state index contributed by atoms with van der Waals surface area (Å²) in [6.45, 7) is 0. The van der Waals surface area contributed by atoms with Crippen molar-refractivity contribution in [1.82, 2.24) is 0 Å². The summed E-state index contributed by atoms with van der Waals surface area (Å²) in [5.74, 6) is 3.39. The monoisotopic (exact) mass is 224 g/mol. The van der Waals surface area contributed by atoms with E-state index in [1.807, 2.05) is 24.3 Å². The van der Waals surface area contributed by atoms with Crippen LogP contribution in [0.2, 0.25) is 0 Å². The van der Waals surface area contributed by atoms with Crippen molar-refractivity contribution in [2.45, 2.75) is 0 Å². The van der Waals surface area contributed by atoms with Crippen molar-refractivity contribution in [2.24, 2.45) is 0 Å². The van der Waals surface area contributed by atoms with E-state index in [2.05, 4.69) is 15.9 Å². The maximum atomic E-state index is 5.41. The Morgan fingerprint density at radius 3 is 2.25 bits per heavy atom. The van der Waals surface area contributed by atoms with Gasteiger partial charge in [0, 0.05) is 0 Å². The number of hydrogen-bond acceptors (Lipinski definition) is 2. The van der Waals surface area contributed by atoms with Gasteiger partial charge in [-0.3, -0.25) is 0 Å². The molecule has 0 fully saturated rings. The molecular formula is C8H6BBrO2. The molecular weight excluding hydrogens is 219 g/mol. The fourth-order valence-corrected chi connectivity index (χ4v) is 1.31. The minimum atomic E-state index is -0.290. The molecule has 1 aromatic rings. The van der Waals surface area contributed by atoms with Gasteiger partial charge in [-0.1, -0.05) is 28.1 Å². The van der Waals surface area contributed by atoms with Crippen LogP contribution in [-0.2, 0) is 0 Å². The van der Waals surface area contributed by atoms with Crippen LogP contribution in [0.3, 0.4) is 0 Å². The van der Waals surface area contributed by atoms with Crippen molar-refractivity contribution in [3.05, 3.63) is 35.2 Å². The molecule has 0 radical (unpaired) electrons. The van der Waals surface area contributed by atoms with Gasteiger partial charge in [0.05, 0.1) is 0 Å². The van der Waals surface area contributed by atoms with Gasteiger partial charge >= 0.3 is 7.12 Å². The molecule has 4 heteroatoms. The Balaban J connectivity index is 2.22. The van der Waals surface area contributed by atoms with Gasteiger partial charge in [-0.05, 0) is 23.1 Å². The van der Waals surface area contributed by atoms with E-state index < -0.39 is 0 Å². The molecule has 2 nitrogen and oxygen atoms in total. The molecule has 1 aliphatic heterocycles. The van der Waals surface area contributed by atoms with Crippen molar-refractivity contribution in [2.75, 3.05) is 0 Å². The number of benzene rings is 1. The lowest BCUT2D eigenvalue weighted by atomic mass is 9.92. The molecule has 0 bridgehead atoms. The van der Waals surface area contributed by atoms with Crippen LogP contribution in [0.15, 0.2) is 35.2 Å². The van der Waals surface area contributed by atoms with Crippen molar-refractivity contribution in [3.63, 3.8) is 0 Å². The van der Waals surface area contributed by atoms with E-state index in [9.17, 15) is 0 Å². The highest BCUT2D eigenvalue weighted by Crippen LogP contribution is 2.32. The zero-order valence-electron chi connectivity index (χ0n) is 6.24. The Bertz CT molecular complexity index is 289. The van der Waals surface area contributed by atoms with Gasteiger partial charge in [-0.25, -0.2) is 0 Å². The first-order valence-corrected chi connectivity index (χ1v) is 4.51. The molecule has 2 rings (SSSR count). The third-order valence-corrected chi connectivity index (χ3v) is 1.87. The number of para-hydroxylation sites is 2. The van der Waals surface area contributed by atoms with E-state index in [-0.39, 0.29) is 7.12 Å². The normalized spacial score (nSPS) is 14.2. The molecule has 12 heavy (non-hydrogen) atoms. The van der Waals surface area contributed by atoms with E-state index >= 15 is 0 Å². The standard InChI is InChI=1S/C8H6BBrO2/c10-6-5-9-11-7-3-1-2-4-8(7)12-9/h1-6H/b6-5+. The lowest BCUT2D eigenvalue weighted by molar-refractivity contribution is 0.517. The molecule has 60 valence electrons. The van der Waals surface area contributed by atoms with Gasteiger partial charge < -0.3 is 9.31 Å². The second kappa shape index (κ2) is 3.23. The first-order chi connectivity index (χ1) is 5.90. The highest BCUT2D eigenvalue weighted by molar-refractivity contribution is 9.11. The van der Waals surface area contributed by atoms with E-state index in [1.165, 1.54) is 0 Å². The molecule has 0 aromatic heterocycles. The molecule has 0 atom stereocenters.